The van der Waals surface area contributed by atoms with Crippen LogP contribution in [0.4, 0.5) is 5.69 Å². The Balaban J connectivity index is 2.25. The van der Waals surface area contributed by atoms with Crippen molar-refractivity contribution in [3.63, 3.8) is 0 Å². The van der Waals surface area contributed by atoms with Crippen molar-refractivity contribution in [3.8, 4) is 0 Å². The molecule has 0 bridgehead atoms. The van der Waals surface area contributed by atoms with Gasteiger partial charge in [-0.2, -0.15) is 0 Å². The summed E-state index contributed by atoms with van der Waals surface area (Å²) in [5.74, 6) is 0. The smallest absolute Gasteiger partial charge is 0.269 e. The van der Waals surface area contributed by atoms with E-state index < -0.39 is 0 Å². The molecule has 25 heavy (non-hydrogen) atoms. The molecule has 0 saturated carbocycles. The van der Waals surface area contributed by atoms with Crippen molar-refractivity contribution in [2.24, 2.45) is 0 Å². The van der Waals surface area contributed by atoms with Crippen LogP contribution in [0.3, 0.4) is 0 Å². The van der Waals surface area contributed by atoms with Crippen LogP contribution < -0.4 is 0 Å². The number of unbranched alkanes of at least 4 members (excludes halogenated alkanes) is 3. The van der Waals surface area contributed by atoms with E-state index in [1.165, 1.54) is 19.3 Å². The first-order valence-electron chi connectivity index (χ1n) is 8.84. The van der Waals surface area contributed by atoms with E-state index in [9.17, 15) is 10.1 Å². The van der Waals surface area contributed by atoms with Crippen molar-refractivity contribution < 1.29 is 4.92 Å². The average Bonchev–Trinajstić information content (AvgIpc) is 2.64. The minimum Gasteiger partial charge on any atom is -0.374 e. The van der Waals surface area contributed by atoms with Gasteiger partial charge >= 0.3 is 0 Å². The summed E-state index contributed by atoms with van der Waals surface area (Å²) in [5, 5.41) is 10.9. The number of nitrogens with zero attached hydrogens (tertiary/aromatic N) is 2. The highest BCUT2D eigenvalue weighted by Crippen LogP contribution is 2.24. The van der Waals surface area contributed by atoms with Crippen LogP contribution >= 0.6 is 0 Å². The van der Waals surface area contributed by atoms with Gasteiger partial charge in [0.25, 0.3) is 5.69 Å². The summed E-state index contributed by atoms with van der Waals surface area (Å²) in [6.07, 6.45) is 6.98. The Bertz CT molecular complexity index is 694. The lowest BCUT2D eigenvalue weighted by atomic mass is 10.1. The molecule has 0 aliphatic heterocycles. The second kappa shape index (κ2) is 9.62. The maximum absolute atomic E-state index is 10.9. The van der Waals surface area contributed by atoms with Gasteiger partial charge in [0.15, 0.2) is 0 Å². The van der Waals surface area contributed by atoms with E-state index in [1.807, 2.05) is 30.3 Å². The number of nitro groups is 1. The highest BCUT2D eigenvalue weighted by Gasteiger charge is 2.11. The summed E-state index contributed by atoms with van der Waals surface area (Å²) in [6.45, 7) is 3.18. The van der Waals surface area contributed by atoms with Gasteiger partial charge in [0.1, 0.15) is 0 Å². The van der Waals surface area contributed by atoms with Crippen LogP contribution in [-0.4, -0.2) is 23.4 Å². The molecule has 0 unspecified atom stereocenters. The number of nitro benzene ring substituents is 1. The molecular weight excluding hydrogens is 312 g/mol. The van der Waals surface area contributed by atoms with Crippen molar-refractivity contribution in [1.29, 1.82) is 0 Å². The van der Waals surface area contributed by atoms with Gasteiger partial charge in [-0.05, 0) is 35.8 Å². The minimum absolute atomic E-state index is 0.119. The predicted molar refractivity (Wildman–Crippen MR) is 104 cm³/mol. The normalized spacial score (nSPS) is 11.4. The molecule has 0 amide bonds. The van der Waals surface area contributed by atoms with Crippen molar-refractivity contribution in [1.82, 2.24) is 4.90 Å². The molecule has 2 rings (SSSR count). The molecule has 0 radical (unpaired) electrons. The molecule has 4 nitrogen and oxygen atoms in total. The fourth-order valence-electron chi connectivity index (χ4n) is 2.77. The molecule has 2 aromatic carbocycles. The monoisotopic (exact) mass is 338 g/mol. The zero-order valence-corrected chi connectivity index (χ0v) is 15.0. The Hall–Kier alpha value is -2.62. The summed E-state index contributed by atoms with van der Waals surface area (Å²) in [7, 11) is 2.09. The van der Waals surface area contributed by atoms with Gasteiger partial charge in [0.2, 0.25) is 0 Å². The maximum atomic E-state index is 10.9. The van der Waals surface area contributed by atoms with E-state index in [0.29, 0.717) is 0 Å². The van der Waals surface area contributed by atoms with Crippen LogP contribution in [0.5, 0.6) is 0 Å². The summed E-state index contributed by atoms with van der Waals surface area (Å²) >= 11 is 0. The molecule has 0 aliphatic carbocycles. The summed E-state index contributed by atoms with van der Waals surface area (Å²) in [4.78, 5) is 12.8. The number of rotatable bonds is 9. The first kappa shape index (κ1) is 18.7. The molecule has 0 fully saturated rings. The summed E-state index contributed by atoms with van der Waals surface area (Å²) < 4.78 is 0. The van der Waals surface area contributed by atoms with Crippen LogP contribution in [0.2, 0.25) is 0 Å². The second-order valence-corrected chi connectivity index (χ2v) is 6.23. The number of hydrogen-bond acceptors (Lipinski definition) is 3. The van der Waals surface area contributed by atoms with Crippen molar-refractivity contribution in [2.45, 2.75) is 32.6 Å². The molecule has 0 heterocycles. The highest BCUT2D eigenvalue weighted by atomic mass is 16.6. The molecule has 0 aromatic heterocycles. The highest BCUT2D eigenvalue weighted by molar-refractivity contribution is 5.80. The van der Waals surface area contributed by atoms with Gasteiger partial charge in [-0.1, -0.05) is 56.5 Å². The van der Waals surface area contributed by atoms with Gasteiger partial charge in [-0.15, -0.1) is 0 Å². The van der Waals surface area contributed by atoms with Gasteiger partial charge < -0.3 is 4.90 Å². The first-order valence-corrected chi connectivity index (χ1v) is 8.84. The lowest BCUT2D eigenvalue weighted by Crippen LogP contribution is -2.18. The number of benzene rings is 2. The standard InChI is InChI=1S/C21H26N2O2/c1-3-4-5-9-16-22(2)21(17-18-10-7-6-8-11-18)19-12-14-20(15-13-19)23(24)25/h6-8,10-15,17H,3-5,9,16H2,1-2H3. The third kappa shape index (κ3) is 5.75. The number of hydrogen-bond donors (Lipinski definition) is 0. The minimum atomic E-state index is -0.362. The zero-order chi connectivity index (χ0) is 18.1. The van der Waals surface area contributed by atoms with Crippen LogP contribution in [0.25, 0.3) is 11.8 Å². The molecule has 0 spiro atoms. The van der Waals surface area contributed by atoms with Crippen molar-refractivity contribution in [2.75, 3.05) is 13.6 Å². The Morgan fingerprint density at radius 3 is 2.32 bits per heavy atom. The van der Waals surface area contributed by atoms with E-state index in [-0.39, 0.29) is 10.6 Å². The third-order valence-electron chi connectivity index (χ3n) is 4.24. The molecule has 132 valence electrons. The van der Waals surface area contributed by atoms with Gasteiger partial charge in [0.05, 0.1) is 4.92 Å². The molecule has 4 heteroatoms. The first-order chi connectivity index (χ1) is 12.1. The van der Waals surface area contributed by atoms with Gasteiger partial charge in [0, 0.05) is 31.4 Å². The van der Waals surface area contributed by atoms with E-state index in [2.05, 4.69) is 37.1 Å². The van der Waals surface area contributed by atoms with E-state index >= 15 is 0 Å². The Morgan fingerprint density at radius 2 is 1.72 bits per heavy atom. The van der Waals surface area contributed by atoms with Crippen molar-refractivity contribution in [3.05, 3.63) is 75.8 Å². The van der Waals surface area contributed by atoms with E-state index in [4.69, 9.17) is 0 Å². The fraction of sp³-hybridized carbons (Fsp3) is 0.333. The number of non-ortho nitro benzene ring substituents is 1. The predicted octanol–water partition coefficient (Wildman–Crippen LogP) is 5.61. The SMILES string of the molecule is CCCCCCN(C)C(=Cc1ccccc1)c1ccc([N+](=O)[O-])cc1. The Labute approximate surface area is 149 Å². The molecular formula is C21H26N2O2. The summed E-state index contributed by atoms with van der Waals surface area (Å²) in [5.41, 5.74) is 3.31. The van der Waals surface area contributed by atoms with Gasteiger partial charge in [-0.25, -0.2) is 0 Å². The molecule has 0 aliphatic rings. The van der Waals surface area contributed by atoms with Crippen molar-refractivity contribution >= 4 is 17.5 Å². The fourth-order valence-corrected chi connectivity index (χ4v) is 2.77. The van der Waals surface area contributed by atoms with Crippen LogP contribution in [0.1, 0.15) is 43.7 Å². The van der Waals surface area contributed by atoms with Crippen LogP contribution in [0.15, 0.2) is 54.6 Å². The zero-order valence-electron chi connectivity index (χ0n) is 15.0. The third-order valence-corrected chi connectivity index (χ3v) is 4.24. The topological polar surface area (TPSA) is 46.4 Å². The average molecular weight is 338 g/mol. The molecule has 2 aromatic rings. The molecule has 0 saturated heterocycles. The van der Waals surface area contributed by atoms with E-state index in [0.717, 1.165) is 29.8 Å². The summed E-state index contributed by atoms with van der Waals surface area (Å²) in [6, 6.07) is 17.0. The van der Waals surface area contributed by atoms with Crippen LogP contribution in [0, 0.1) is 10.1 Å². The Morgan fingerprint density at radius 1 is 1.04 bits per heavy atom. The lowest BCUT2D eigenvalue weighted by Gasteiger charge is -2.23. The second-order valence-electron chi connectivity index (χ2n) is 6.23. The molecule has 0 N–H and O–H groups in total. The van der Waals surface area contributed by atoms with Gasteiger partial charge in [-0.3, -0.25) is 10.1 Å². The Kier molecular flexibility index (Phi) is 7.20. The lowest BCUT2D eigenvalue weighted by molar-refractivity contribution is -0.384. The quantitative estimate of drug-likeness (QED) is 0.258. The maximum Gasteiger partial charge on any atom is 0.269 e. The molecule has 0 atom stereocenters. The van der Waals surface area contributed by atoms with E-state index in [1.54, 1.807) is 12.1 Å². The largest absolute Gasteiger partial charge is 0.374 e. The van der Waals surface area contributed by atoms with Crippen LogP contribution in [-0.2, 0) is 0 Å².